The molecular formula is C22H15FN2O2S. The molecule has 0 spiro atoms. The lowest BCUT2D eigenvalue weighted by Gasteiger charge is -2.01. The van der Waals surface area contributed by atoms with Gasteiger partial charge in [0, 0.05) is 34.2 Å². The van der Waals surface area contributed by atoms with Crippen LogP contribution in [0.4, 0.5) is 4.39 Å². The number of aromatic nitrogens is 2. The van der Waals surface area contributed by atoms with E-state index in [-0.39, 0.29) is 12.4 Å². The van der Waals surface area contributed by atoms with Gasteiger partial charge in [-0.1, -0.05) is 24.3 Å². The van der Waals surface area contributed by atoms with Crippen LogP contribution in [0.25, 0.3) is 27.6 Å². The number of rotatable bonds is 5. The molecule has 28 heavy (non-hydrogen) atoms. The zero-order chi connectivity index (χ0) is 19.3. The summed E-state index contributed by atoms with van der Waals surface area (Å²) in [7, 11) is 0. The lowest BCUT2D eigenvalue weighted by Crippen LogP contribution is -2.01. The third kappa shape index (κ3) is 4.13. The van der Waals surface area contributed by atoms with Gasteiger partial charge in [-0.2, -0.15) is 0 Å². The van der Waals surface area contributed by atoms with Crippen molar-refractivity contribution in [3.05, 3.63) is 89.3 Å². The molecule has 0 amide bonds. The molecule has 2 heterocycles. The number of halogens is 1. The molecule has 0 saturated carbocycles. The normalized spacial score (nSPS) is 11.2. The van der Waals surface area contributed by atoms with E-state index in [1.165, 1.54) is 29.5 Å². The molecule has 4 nitrogen and oxygen atoms in total. The van der Waals surface area contributed by atoms with Crippen LogP contribution in [-0.2, 0) is 16.1 Å². The highest BCUT2D eigenvalue weighted by atomic mass is 32.1. The van der Waals surface area contributed by atoms with Crippen LogP contribution in [0.1, 0.15) is 11.3 Å². The molecule has 0 aliphatic carbocycles. The summed E-state index contributed by atoms with van der Waals surface area (Å²) in [4.78, 5) is 20.8. The molecule has 0 fully saturated rings. The maximum atomic E-state index is 13.0. The van der Waals surface area contributed by atoms with Crippen molar-refractivity contribution < 1.29 is 13.9 Å². The number of thiazole rings is 1. The van der Waals surface area contributed by atoms with E-state index in [4.69, 9.17) is 4.74 Å². The highest BCUT2D eigenvalue weighted by Crippen LogP contribution is 2.24. The summed E-state index contributed by atoms with van der Waals surface area (Å²) in [5, 5.41) is 3.59. The fraction of sp³-hybridized carbons (Fsp3) is 0.0455. The average molecular weight is 390 g/mol. The molecule has 0 aliphatic rings. The van der Waals surface area contributed by atoms with Gasteiger partial charge in [0.2, 0.25) is 0 Å². The van der Waals surface area contributed by atoms with E-state index >= 15 is 0 Å². The number of para-hydroxylation sites is 1. The molecule has 2 aromatic heterocycles. The topological polar surface area (TPSA) is 52.1 Å². The van der Waals surface area contributed by atoms with Crippen LogP contribution in [-0.4, -0.2) is 15.9 Å². The van der Waals surface area contributed by atoms with E-state index in [2.05, 4.69) is 9.97 Å². The van der Waals surface area contributed by atoms with E-state index in [0.29, 0.717) is 5.69 Å². The van der Waals surface area contributed by atoms with Crippen LogP contribution in [0, 0.1) is 5.82 Å². The van der Waals surface area contributed by atoms with Crippen molar-refractivity contribution in [2.24, 2.45) is 0 Å². The highest BCUT2D eigenvalue weighted by molar-refractivity contribution is 7.13. The van der Waals surface area contributed by atoms with E-state index in [0.717, 1.165) is 27.0 Å². The molecule has 0 unspecified atom stereocenters. The fourth-order valence-corrected chi connectivity index (χ4v) is 3.52. The second kappa shape index (κ2) is 8.10. The third-order valence-corrected chi connectivity index (χ3v) is 5.01. The Kier molecular flexibility index (Phi) is 5.21. The number of esters is 1. The molecule has 2 aromatic carbocycles. The molecule has 4 rings (SSSR count). The Morgan fingerprint density at radius 2 is 1.93 bits per heavy atom. The van der Waals surface area contributed by atoms with Crippen molar-refractivity contribution in [2.75, 3.05) is 0 Å². The summed E-state index contributed by atoms with van der Waals surface area (Å²) in [5.74, 6) is -0.744. The minimum Gasteiger partial charge on any atom is -0.456 e. The summed E-state index contributed by atoms with van der Waals surface area (Å²) < 4.78 is 18.3. The number of fused-ring (bicyclic) bond motifs is 1. The monoisotopic (exact) mass is 390 g/mol. The Morgan fingerprint density at radius 1 is 1.11 bits per heavy atom. The largest absolute Gasteiger partial charge is 0.456 e. The second-order valence-electron chi connectivity index (χ2n) is 6.01. The van der Waals surface area contributed by atoms with E-state index in [9.17, 15) is 9.18 Å². The van der Waals surface area contributed by atoms with Gasteiger partial charge in [-0.05, 0) is 36.4 Å². The van der Waals surface area contributed by atoms with Crippen LogP contribution < -0.4 is 0 Å². The number of hydrogen-bond acceptors (Lipinski definition) is 5. The van der Waals surface area contributed by atoms with Crippen LogP contribution in [0.3, 0.4) is 0 Å². The van der Waals surface area contributed by atoms with E-state index < -0.39 is 5.97 Å². The predicted molar refractivity (Wildman–Crippen MR) is 108 cm³/mol. The highest BCUT2D eigenvalue weighted by Gasteiger charge is 2.07. The fourth-order valence-electron chi connectivity index (χ4n) is 2.71. The zero-order valence-corrected chi connectivity index (χ0v) is 15.5. The van der Waals surface area contributed by atoms with E-state index in [1.807, 2.05) is 35.7 Å². The molecule has 0 N–H and O–H groups in total. The predicted octanol–water partition coefficient (Wildman–Crippen LogP) is 5.25. The summed E-state index contributed by atoms with van der Waals surface area (Å²) in [6.07, 6.45) is 4.80. The van der Waals surface area contributed by atoms with Crippen molar-refractivity contribution in [2.45, 2.75) is 6.61 Å². The number of pyridine rings is 1. The first-order valence-electron chi connectivity index (χ1n) is 8.58. The molecule has 138 valence electrons. The van der Waals surface area contributed by atoms with Crippen LogP contribution >= 0.6 is 11.3 Å². The van der Waals surface area contributed by atoms with Gasteiger partial charge in [-0.3, -0.25) is 4.98 Å². The van der Waals surface area contributed by atoms with Crippen molar-refractivity contribution in [1.82, 2.24) is 9.97 Å². The lowest BCUT2D eigenvalue weighted by atomic mass is 10.1. The van der Waals surface area contributed by atoms with Crippen molar-refractivity contribution in [3.8, 4) is 10.6 Å². The molecule has 4 aromatic rings. The molecule has 0 atom stereocenters. The number of hydrogen-bond donors (Lipinski definition) is 0. The first kappa shape index (κ1) is 18.0. The van der Waals surface area contributed by atoms with Gasteiger partial charge in [0.1, 0.15) is 17.4 Å². The third-order valence-electron chi connectivity index (χ3n) is 4.07. The molecule has 0 radical (unpaired) electrons. The molecular weight excluding hydrogens is 375 g/mol. The van der Waals surface area contributed by atoms with Crippen molar-refractivity contribution in [3.63, 3.8) is 0 Å². The summed E-state index contributed by atoms with van der Waals surface area (Å²) in [6.45, 7) is 0.0780. The van der Waals surface area contributed by atoms with Gasteiger partial charge >= 0.3 is 5.97 Å². The molecule has 6 heteroatoms. The maximum Gasteiger partial charge on any atom is 0.331 e. The summed E-state index contributed by atoms with van der Waals surface area (Å²) in [6, 6.07) is 15.8. The number of benzene rings is 2. The standard InChI is InChI=1S/C22H15FN2O2S/c23-18-9-6-17(7-10-18)22-25-19(14-28-22)13-27-20(26)11-8-16-4-1-3-15-5-2-12-24-21(15)16/h1-12,14H,13H2. The van der Waals surface area contributed by atoms with Crippen molar-refractivity contribution >= 4 is 34.3 Å². The SMILES string of the molecule is O=C(C=Cc1cccc2cccnc12)OCc1csc(-c2ccc(F)cc2)n1. The Hall–Kier alpha value is -3.38. The molecule has 0 saturated heterocycles. The zero-order valence-electron chi connectivity index (χ0n) is 14.7. The van der Waals surface area contributed by atoms with Gasteiger partial charge in [0.15, 0.2) is 0 Å². The lowest BCUT2D eigenvalue weighted by molar-refractivity contribution is -0.139. The Labute approximate surface area is 165 Å². The number of nitrogens with zero attached hydrogens (tertiary/aromatic N) is 2. The smallest absolute Gasteiger partial charge is 0.331 e. The summed E-state index contributed by atoms with van der Waals surface area (Å²) in [5.41, 5.74) is 3.16. The first-order valence-corrected chi connectivity index (χ1v) is 9.46. The number of carbonyl (C=O) groups is 1. The molecule has 0 bridgehead atoms. The molecule has 0 aliphatic heterocycles. The maximum absolute atomic E-state index is 13.0. The van der Waals surface area contributed by atoms with Crippen LogP contribution in [0.5, 0.6) is 0 Å². The van der Waals surface area contributed by atoms with Crippen LogP contribution in [0.2, 0.25) is 0 Å². The van der Waals surface area contributed by atoms with E-state index in [1.54, 1.807) is 24.4 Å². The van der Waals surface area contributed by atoms with Gasteiger partial charge in [0.05, 0.1) is 11.2 Å². The first-order chi connectivity index (χ1) is 13.7. The second-order valence-corrected chi connectivity index (χ2v) is 6.87. The number of carbonyl (C=O) groups excluding carboxylic acids is 1. The summed E-state index contributed by atoms with van der Waals surface area (Å²) >= 11 is 1.42. The Balaban J connectivity index is 1.39. The minimum absolute atomic E-state index is 0.0780. The quantitative estimate of drug-likeness (QED) is 0.345. The minimum atomic E-state index is -0.454. The van der Waals surface area contributed by atoms with Crippen LogP contribution in [0.15, 0.2) is 72.3 Å². The van der Waals surface area contributed by atoms with Gasteiger partial charge in [-0.25, -0.2) is 14.2 Å². The Morgan fingerprint density at radius 3 is 2.79 bits per heavy atom. The average Bonchev–Trinajstić information content (AvgIpc) is 3.20. The van der Waals surface area contributed by atoms with Gasteiger partial charge < -0.3 is 4.74 Å². The van der Waals surface area contributed by atoms with Crippen molar-refractivity contribution in [1.29, 1.82) is 0 Å². The van der Waals surface area contributed by atoms with Gasteiger partial charge in [0.25, 0.3) is 0 Å². The van der Waals surface area contributed by atoms with Gasteiger partial charge in [-0.15, -0.1) is 11.3 Å². The Bertz CT molecular complexity index is 1150. The number of ether oxygens (including phenoxy) is 1.